The zero-order valence-corrected chi connectivity index (χ0v) is 17.3. The van der Waals surface area contributed by atoms with Crippen molar-refractivity contribution in [2.45, 2.75) is 75.4 Å². The highest BCUT2D eigenvalue weighted by molar-refractivity contribution is 4.81. The molecule has 0 aromatic rings. The fraction of sp³-hybridized carbons (Fsp3) is 1.00. The Bertz CT molecular complexity index is 468. The maximum absolute atomic E-state index is 10.5. The molecule has 2 aliphatic rings. The first-order valence-electron chi connectivity index (χ1n) is 10.4. The summed E-state index contributed by atoms with van der Waals surface area (Å²) >= 11 is 0. The molecule has 0 amide bonds. The van der Waals surface area contributed by atoms with Crippen LogP contribution in [0.4, 0.5) is 0 Å². The predicted molar refractivity (Wildman–Crippen MR) is 101 cm³/mol. The van der Waals surface area contributed by atoms with E-state index in [1.165, 1.54) is 0 Å². The quantitative estimate of drug-likeness (QED) is 0.181. The van der Waals surface area contributed by atoms with Crippen molar-refractivity contribution in [2.24, 2.45) is 5.92 Å². The summed E-state index contributed by atoms with van der Waals surface area (Å²) in [6, 6.07) is 0. The van der Waals surface area contributed by atoms with Gasteiger partial charge < -0.3 is 54.3 Å². The van der Waals surface area contributed by atoms with Gasteiger partial charge in [0.1, 0.15) is 18.3 Å². The zero-order valence-electron chi connectivity index (χ0n) is 17.3. The highest BCUT2D eigenvalue weighted by Gasteiger charge is 2.37. The van der Waals surface area contributed by atoms with Crippen molar-refractivity contribution in [3.8, 4) is 0 Å². The maximum Gasteiger partial charge on any atom is 0.184 e. The first kappa shape index (κ1) is 25.8. The number of aliphatic hydroxyl groups excluding tert-OH is 6. The van der Waals surface area contributed by atoms with Gasteiger partial charge in [0, 0.05) is 12.8 Å². The zero-order chi connectivity index (χ0) is 22.1. The first-order valence-corrected chi connectivity index (χ1v) is 10.4. The van der Waals surface area contributed by atoms with E-state index in [0.717, 1.165) is 0 Å². The maximum atomic E-state index is 10.5. The van der Waals surface area contributed by atoms with Crippen LogP contribution in [0.5, 0.6) is 0 Å². The molecule has 178 valence electrons. The summed E-state index contributed by atoms with van der Waals surface area (Å²) in [5.41, 5.74) is 0. The lowest BCUT2D eigenvalue weighted by molar-refractivity contribution is -0.272. The molecule has 2 aliphatic heterocycles. The van der Waals surface area contributed by atoms with Gasteiger partial charge in [-0.25, -0.2) is 0 Å². The molecule has 0 aromatic heterocycles. The molecule has 0 aromatic carbocycles. The molecule has 9 atom stereocenters. The van der Waals surface area contributed by atoms with E-state index in [9.17, 15) is 25.5 Å². The summed E-state index contributed by atoms with van der Waals surface area (Å²) < 4.78 is 27.6. The second kappa shape index (κ2) is 13.2. The van der Waals surface area contributed by atoms with Crippen molar-refractivity contribution in [1.29, 1.82) is 0 Å². The Morgan fingerprint density at radius 1 is 1.03 bits per heavy atom. The van der Waals surface area contributed by atoms with Crippen LogP contribution in [0.3, 0.4) is 0 Å². The van der Waals surface area contributed by atoms with E-state index < -0.39 is 49.2 Å². The summed E-state index contributed by atoms with van der Waals surface area (Å²) in [5.74, 6) is -0.00682. The third-order valence-corrected chi connectivity index (χ3v) is 5.34. The van der Waals surface area contributed by atoms with Gasteiger partial charge in [0.25, 0.3) is 0 Å². The van der Waals surface area contributed by atoms with Crippen LogP contribution in [0.1, 0.15) is 26.2 Å². The van der Waals surface area contributed by atoms with Gasteiger partial charge in [-0.05, 0) is 12.3 Å². The fourth-order valence-corrected chi connectivity index (χ4v) is 3.58. The summed E-state index contributed by atoms with van der Waals surface area (Å²) in [5, 5.41) is 58.2. The summed E-state index contributed by atoms with van der Waals surface area (Å²) in [7, 11) is 0. The van der Waals surface area contributed by atoms with Crippen LogP contribution >= 0.6 is 0 Å². The monoisotopic (exact) mass is 440 g/mol. The van der Waals surface area contributed by atoms with Crippen LogP contribution in [0.2, 0.25) is 0 Å². The van der Waals surface area contributed by atoms with Crippen molar-refractivity contribution in [1.82, 2.24) is 0 Å². The van der Waals surface area contributed by atoms with Crippen LogP contribution < -0.4 is 0 Å². The highest BCUT2D eigenvalue weighted by atomic mass is 16.7. The van der Waals surface area contributed by atoms with Gasteiger partial charge in [-0.2, -0.15) is 0 Å². The van der Waals surface area contributed by atoms with E-state index in [-0.39, 0.29) is 58.4 Å². The Labute approximate surface area is 176 Å². The van der Waals surface area contributed by atoms with Crippen LogP contribution in [0.15, 0.2) is 0 Å². The molecule has 11 nitrogen and oxygen atoms in total. The fourth-order valence-electron chi connectivity index (χ4n) is 3.58. The number of aliphatic hydroxyl groups is 6. The third-order valence-electron chi connectivity index (χ3n) is 5.34. The molecule has 30 heavy (non-hydrogen) atoms. The molecule has 2 rings (SSSR count). The molecule has 0 bridgehead atoms. The molecule has 6 N–H and O–H groups in total. The van der Waals surface area contributed by atoms with Gasteiger partial charge in [-0.3, -0.25) is 0 Å². The Hall–Kier alpha value is -0.440. The Morgan fingerprint density at radius 2 is 1.77 bits per heavy atom. The number of hydrogen-bond donors (Lipinski definition) is 6. The van der Waals surface area contributed by atoms with Crippen molar-refractivity contribution >= 4 is 0 Å². The normalized spacial score (nSPS) is 37.1. The lowest BCUT2D eigenvalue weighted by Crippen LogP contribution is -2.49. The first-order chi connectivity index (χ1) is 14.4. The Balaban J connectivity index is 1.86. The second-order valence-corrected chi connectivity index (χ2v) is 7.81. The number of rotatable bonds is 12. The minimum Gasteiger partial charge on any atom is -0.394 e. The summed E-state index contributed by atoms with van der Waals surface area (Å²) in [6.07, 6.45) is -5.90. The molecule has 0 spiro atoms. The summed E-state index contributed by atoms with van der Waals surface area (Å²) in [4.78, 5) is 0. The molecule has 0 aliphatic carbocycles. The average molecular weight is 440 g/mol. The highest BCUT2D eigenvalue weighted by Crippen LogP contribution is 2.26. The molecule has 11 heteroatoms. The van der Waals surface area contributed by atoms with E-state index in [1.807, 2.05) is 6.92 Å². The smallest absolute Gasteiger partial charge is 0.184 e. The topological polar surface area (TPSA) is 168 Å². The van der Waals surface area contributed by atoms with Gasteiger partial charge in [-0.15, -0.1) is 0 Å². The van der Waals surface area contributed by atoms with Crippen LogP contribution in [-0.2, 0) is 23.7 Å². The van der Waals surface area contributed by atoms with E-state index in [1.54, 1.807) is 0 Å². The standard InChI is InChI=1S/C19H36O11/c1-11-6-14(25)19(30-16(11)8-21)26-4-2-13(24)18(27-5-3-20)29-15-7-12(23)10-28-17(15)9-22/h11-25H,2-10H2,1H3/t11-,12-,13?,14-,15-,16?,17?,18+,19-/m0/s1. The largest absolute Gasteiger partial charge is 0.394 e. The minimum atomic E-state index is -1.15. The number of ether oxygens (including phenoxy) is 5. The van der Waals surface area contributed by atoms with Crippen LogP contribution in [0.25, 0.3) is 0 Å². The van der Waals surface area contributed by atoms with Crippen LogP contribution in [-0.4, -0.2) is 119 Å². The predicted octanol–water partition coefficient (Wildman–Crippen LogP) is -2.28. The number of hydrogen-bond acceptors (Lipinski definition) is 11. The van der Waals surface area contributed by atoms with Crippen molar-refractivity contribution < 1.29 is 54.3 Å². The van der Waals surface area contributed by atoms with Gasteiger partial charge in [-0.1, -0.05) is 6.92 Å². The van der Waals surface area contributed by atoms with Gasteiger partial charge in [0.2, 0.25) is 0 Å². The van der Waals surface area contributed by atoms with Crippen molar-refractivity contribution in [3.63, 3.8) is 0 Å². The summed E-state index contributed by atoms with van der Waals surface area (Å²) in [6.45, 7) is 1.12. The van der Waals surface area contributed by atoms with E-state index in [4.69, 9.17) is 28.8 Å². The second-order valence-electron chi connectivity index (χ2n) is 7.81. The molecular formula is C19H36O11. The Kier molecular flexibility index (Phi) is 11.3. The van der Waals surface area contributed by atoms with E-state index in [0.29, 0.717) is 6.42 Å². The van der Waals surface area contributed by atoms with Gasteiger partial charge >= 0.3 is 0 Å². The molecule has 3 unspecified atom stereocenters. The van der Waals surface area contributed by atoms with Crippen molar-refractivity contribution in [3.05, 3.63) is 0 Å². The molecule has 0 saturated carbocycles. The van der Waals surface area contributed by atoms with Crippen LogP contribution in [0, 0.1) is 5.92 Å². The lowest BCUT2D eigenvalue weighted by atomic mass is 9.94. The minimum absolute atomic E-state index is 0.00682. The third kappa shape index (κ3) is 7.61. The molecular weight excluding hydrogens is 404 g/mol. The Morgan fingerprint density at radius 3 is 2.43 bits per heavy atom. The van der Waals surface area contributed by atoms with Gasteiger partial charge in [0.15, 0.2) is 12.6 Å². The molecule has 0 radical (unpaired) electrons. The van der Waals surface area contributed by atoms with Gasteiger partial charge in [0.05, 0.1) is 58.0 Å². The molecule has 2 saturated heterocycles. The molecule has 2 heterocycles. The SMILES string of the molecule is C[C@H]1C[C@H](O)[C@@H](OCCC(O)[C@H](OCCO)O[C@H]2C[C@H](O)COC2CO)OC1CO. The average Bonchev–Trinajstić information content (AvgIpc) is 2.72. The van der Waals surface area contributed by atoms with E-state index in [2.05, 4.69) is 0 Å². The lowest BCUT2D eigenvalue weighted by Gasteiger charge is -2.37. The van der Waals surface area contributed by atoms with E-state index >= 15 is 0 Å². The van der Waals surface area contributed by atoms with Crippen molar-refractivity contribution in [2.75, 3.05) is 39.6 Å². The molecule has 2 fully saturated rings.